The van der Waals surface area contributed by atoms with Crippen molar-refractivity contribution in [1.29, 1.82) is 0 Å². The molecule has 0 saturated carbocycles. The molecule has 1 atom stereocenters. The van der Waals surface area contributed by atoms with Crippen LogP contribution in [0.2, 0.25) is 0 Å². The number of aliphatic hydroxyl groups is 1. The van der Waals surface area contributed by atoms with Gasteiger partial charge >= 0.3 is 0 Å². The Morgan fingerprint density at radius 2 is 2.12 bits per heavy atom. The fourth-order valence-electron chi connectivity index (χ4n) is 1.25. The predicted molar refractivity (Wildman–Crippen MR) is 60.4 cm³/mol. The largest absolute Gasteiger partial charge is 0.508 e. The molecule has 1 aromatic rings. The van der Waals surface area contributed by atoms with E-state index >= 15 is 0 Å². The molecule has 6 nitrogen and oxygen atoms in total. The molecule has 1 unspecified atom stereocenters. The van der Waals surface area contributed by atoms with E-state index in [0.717, 1.165) is 0 Å². The second kappa shape index (κ2) is 5.31. The molecule has 0 fully saturated rings. The van der Waals surface area contributed by atoms with Gasteiger partial charge in [0.15, 0.2) is 0 Å². The third-order valence-corrected chi connectivity index (χ3v) is 2.33. The van der Waals surface area contributed by atoms with Gasteiger partial charge in [-0.1, -0.05) is 6.07 Å². The van der Waals surface area contributed by atoms with E-state index < -0.39 is 17.9 Å². The van der Waals surface area contributed by atoms with Gasteiger partial charge in [-0.25, -0.2) is 0 Å². The average molecular weight is 238 g/mol. The highest BCUT2D eigenvalue weighted by atomic mass is 16.3. The van der Waals surface area contributed by atoms with Gasteiger partial charge in [-0.05, 0) is 19.1 Å². The fourth-order valence-corrected chi connectivity index (χ4v) is 1.25. The highest BCUT2D eigenvalue weighted by molar-refractivity contribution is 5.96. The number of primary amides is 1. The minimum atomic E-state index is -1.42. The maximum Gasteiger partial charge on any atom is 0.251 e. The van der Waals surface area contributed by atoms with Crippen molar-refractivity contribution in [2.24, 2.45) is 5.73 Å². The van der Waals surface area contributed by atoms with Gasteiger partial charge in [-0.3, -0.25) is 9.59 Å². The maximum atomic E-state index is 11.7. The first kappa shape index (κ1) is 13.0. The molecule has 2 amide bonds. The molecular formula is C11H14N2O4. The molecular weight excluding hydrogens is 224 g/mol. The molecule has 1 aromatic carbocycles. The van der Waals surface area contributed by atoms with E-state index in [1.54, 1.807) is 6.92 Å². The Balaban J connectivity index is 2.71. The average Bonchev–Trinajstić information content (AvgIpc) is 2.29. The smallest absolute Gasteiger partial charge is 0.251 e. The minimum Gasteiger partial charge on any atom is -0.508 e. The van der Waals surface area contributed by atoms with Crippen LogP contribution in [0.1, 0.15) is 15.9 Å². The second-order valence-electron chi connectivity index (χ2n) is 3.58. The number of hydrogen-bond donors (Lipinski definition) is 4. The van der Waals surface area contributed by atoms with Crippen molar-refractivity contribution in [2.75, 3.05) is 6.54 Å². The fraction of sp³-hybridized carbons (Fsp3) is 0.273. The number of benzene rings is 1. The standard InChI is InChI=1S/C11H14N2O4/c1-6-7(3-2-4-8(6)14)11(17)13-5-9(15)10(12)16/h2-4,9,14-15H,5H2,1H3,(H2,12,16)(H,13,17). The number of aromatic hydroxyl groups is 1. The maximum absolute atomic E-state index is 11.7. The summed E-state index contributed by atoms with van der Waals surface area (Å²) in [5.74, 6) is -1.38. The third-order valence-electron chi connectivity index (χ3n) is 2.33. The van der Waals surface area contributed by atoms with Crippen molar-refractivity contribution in [3.05, 3.63) is 29.3 Å². The monoisotopic (exact) mass is 238 g/mol. The van der Waals surface area contributed by atoms with Crippen LogP contribution < -0.4 is 11.1 Å². The van der Waals surface area contributed by atoms with Gasteiger partial charge in [-0.15, -0.1) is 0 Å². The summed E-state index contributed by atoms with van der Waals surface area (Å²) in [6, 6.07) is 4.52. The molecule has 17 heavy (non-hydrogen) atoms. The van der Waals surface area contributed by atoms with Crippen molar-refractivity contribution in [2.45, 2.75) is 13.0 Å². The molecule has 0 aliphatic heterocycles. The summed E-state index contributed by atoms with van der Waals surface area (Å²) >= 11 is 0. The van der Waals surface area contributed by atoms with E-state index in [0.29, 0.717) is 5.56 Å². The first-order chi connectivity index (χ1) is 7.93. The molecule has 0 radical (unpaired) electrons. The second-order valence-corrected chi connectivity index (χ2v) is 3.58. The van der Waals surface area contributed by atoms with Gasteiger partial charge in [0.25, 0.3) is 5.91 Å². The van der Waals surface area contributed by atoms with Crippen molar-refractivity contribution in [1.82, 2.24) is 5.32 Å². The quantitative estimate of drug-likeness (QED) is 0.554. The number of nitrogens with two attached hydrogens (primary N) is 1. The zero-order chi connectivity index (χ0) is 13.0. The van der Waals surface area contributed by atoms with Crippen LogP contribution in [-0.2, 0) is 4.79 Å². The molecule has 1 rings (SSSR count). The SMILES string of the molecule is Cc1c(O)cccc1C(=O)NCC(O)C(N)=O. The van der Waals surface area contributed by atoms with E-state index in [2.05, 4.69) is 5.32 Å². The summed E-state index contributed by atoms with van der Waals surface area (Å²) in [5.41, 5.74) is 5.54. The van der Waals surface area contributed by atoms with Crippen LogP contribution in [0.3, 0.4) is 0 Å². The van der Waals surface area contributed by atoms with Crippen LogP contribution in [0.4, 0.5) is 0 Å². The summed E-state index contributed by atoms with van der Waals surface area (Å²) in [4.78, 5) is 22.2. The molecule has 92 valence electrons. The third kappa shape index (κ3) is 3.18. The Hall–Kier alpha value is -2.08. The molecule has 0 aliphatic carbocycles. The van der Waals surface area contributed by atoms with E-state index in [9.17, 15) is 14.7 Å². The zero-order valence-corrected chi connectivity index (χ0v) is 9.30. The highest BCUT2D eigenvalue weighted by Gasteiger charge is 2.15. The molecule has 5 N–H and O–H groups in total. The molecule has 0 bridgehead atoms. The van der Waals surface area contributed by atoms with Gasteiger partial charge in [-0.2, -0.15) is 0 Å². The molecule has 0 spiro atoms. The highest BCUT2D eigenvalue weighted by Crippen LogP contribution is 2.19. The lowest BCUT2D eigenvalue weighted by molar-refractivity contribution is -0.125. The lowest BCUT2D eigenvalue weighted by Crippen LogP contribution is -2.40. The first-order valence-corrected chi connectivity index (χ1v) is 4.97. The number of nitrogens with one attached hydrogen (secondary N) is 1. The van der Waals surface area contributed by atoms with Gasteiger partial charge in [0.2, 0.25) is 5.91 Å². The molecule has 0 heterocycles. The number of carbonyl (C=O) groups excluding carboxylic acids is 2. The van der Waals surface area contributed by atoms with Gasteiger partial charge in [0.1, 0.15) is 11.9 Å². The molecule has 0 aliphatic rings. The summed E-state index contributed by atoms with van der Waals surface area (Å²) in [7, 11) is 0. The number of hydrogen-bond acceptors (Lipinski definition) is 4. The Morgan fingerprint density at radius 1 is 1.47 bits per heavy atom. The summed E-state index contributed by atoms with van der Waals surface area (Å²) in [6.07, 6.45) is -1.42. The van der Waals surface area contributed by atoms with Crippen molar-refractivity contribution in [3.8, 4) is 5.75 Å². The number of phenols is 1. The van der Waals surface area contributed by atoms with Crippen LogP contribution >= 0.6 is 0 Å². The number of rotatable bonds is 4. The van der Waals surface area contributed by atoms with Crippen LogP contribution in [0.25, 0.3) is 0 Å². The van der Waals surface area contributed by atoms with Gasteiger partial charge in [0.05, 0.1) is 6.54 Å². The molecule has 0 aromatic heterocycles. The topological polar surface area (TPSA) is 113 Å². The predicted octanol–water partition coefficient (Wildman–Crippen LogP) is -0.723. The summed E-state index contributed by atoms with van der Waals surface area (Å²) in [5, 5.41) is 20.9. The van der Waals surface area contributed by atoms with Crippen molar-refractivity contribution >= 4 is 11.8 Å². The Bertz CT molecular complexity index is 445. The molecule has 6 heteroatoms. The Morgan fingerprint density at radius 3 is 2.71 bits per heavy atom. The van der Waals surface area contributed by atoms with E-state index in [1.165, 1.54) is 18.2 Å². The van der Waals surface area contributed by atoms with Crippen molar-refractivity contribution in [3.63, 3.8) is 0 Å². The number of phenolic OH excluding ortho intramolecular Hbond substituents is 1. The van der Waals surface area contributed by atoms with Crippen LogP contribution in [-0.4, -0.2) is 34.7 Å². The lowest BCUT2D eigenvalue weighted by atomic mass is 10.1. The lowest BCUT2D eigenvalue weighted by Gasteiger charge is -2.10. The van der Waals surface area contributed by atoms with Gasteiger partial charge < -0.3 is 21.3 Å². The van der Waals surface area contributed by atoms with Crippen molar-refractivity contribution < 1.29 is 19.8 Å². The van der Waals surface area contributed by atoms with Crippen LogP contribution in [0.5, 0.6) is 5.75 Å². The van der Waals surface area contributed by atoms with E-state index in [-0.39, 0.29) is 17.9 Å². The first-order valence-electron chi connectivity index (χ1n) is 4.97. The van der Waals surface area contributed by atoms with Gasteiger partial charge in [0, 0.05) is 11.1 Å². The number of aliphatic hydroxyl groups excluding tert-OH is 1. The number of amides is 2. The van der Waals surface area contributed by atoms with E-state index in [4.69, 9.17) is 10.8 Å². The van der Waals surface area contributed by atoms with Crippen LogP contribution in [0.15, 0.2) is 18.2 Å². The zero-order valence-electron chi connectivity index (χ0n) is 9.30. The Kier molecular flexibility index (Phi) is 4.06. The summed E-state index contributed by atoms with van der Waals surface area (Å²) < 4.78 is 0. The Labute approximate surface area is 98.1 Å². The molecule has 0 saturated heterocycles. The minimum absolute atomic E-state index is 0.00750. The normalized spacial score (nSPS) is 11.9. The van der Waals surface area contributed by atoms with E-state index in [1.807, 2.05) is 0 Å². The number of carbonyl (C=O) groups is 2. The van der Waals surface area contributed by atoms with Crippen LogP contribution in [0, 0.1) is 6.92 Å². The summed E-state index contributed by atoms with van der Waals surface area (Å²) in [6.45, 7) is 1.33.